The van der Waals surface area contributed by atoms with E-state index in [0.717, 1.165) is 22.5 Å². The summed E-state index contributed by atoms with van der Waals surface area (Å²) in [6.45, 7) is 3.73. The lowest BCUT2D eigenvalue weighted by Gasteiger charge is -2.10. The van der Waals surface area contributed by atoms with Crippen molar-refractivity contribution in [2.75, 3.05) is 0 Å². The fraction of sp³-hybridized carbons (Fsp3) is 0.0526. The van der Waals surface area contributed by atoms with Crippen molar-refractivity contribution in [2.45, 2.75) is 0 Å². The molecule has 0 aliphatic heterocycles. The molecule has 0 unspecified atom stereocenters. The summed E-state index contributed by atoms with van der Waals surface area (Å²) >= 11 is 0. The summed E-state index contributed by atoms with van der Waals surface area (Å²) in [6.07, 6.45) is 1.76. The molecular formula is C19H17N3O2. The van der Waals surface area contributed by atoms with Gasteiger partial charge in [-0.3, -0.25) is 10.0 Å². The third kappa shape index (κ3) is 2.85. The smallest absolute Gasteiger partial charge is 0.274 e. The number of carbonyl (C=O) groups excluding carboxylic acids is 1. The Kier molecular flexibility index (Phi) is 4.26. The fourth-order valence-electron chi connectivity index (χ4n) is 2.63. The topological polar surface area (TPSA) is 67.2 Å². The van der Waals surface area contributed by atoms with E-state index in [9.17, 15) is 4.79 Å². The normalized spacial score (nSPS) is 10.4. The molecular weight excluding hydrogens is 302 g/mol. The van der Waals surface area contributed by atoms with Gasteiger partial charge in [-0.05, 0) is 11.6 Å². The van der Waals surface area contributed by atoms with Crippen LogP contribution >= 0.6 is 0 Å². The van der Waals surface area contributed by atoms with Crippen molar-refractivity contribution in [3.63, 3.8) is 0 Å². The average Bonchev–Trinajstić information content (AvgIpc) is 3.02. The molecule has 1 amide bonds. The number of aryl methyl sites for hydroxylation is 1. The lowest BCUT2D eigenvalue weighted by atomic mass is 10.00. The largest absolute Gasteiger partial charge is 0.333 e. The first-order chi connectivity index (χ1) is 11.6. The summed E-state index contributed by atoms with van der Waals surface area (Å²) in [4.78, 5) is 16.1. The highest BCUT2D eigenvalue weighted by Crippen LogP contribution is 2.31. The number of imidazole rings is 1. The molecule has 24 heavy (non-hydrogen) atoms. The van der Waals surface area contributed by atoms with Crippen LogP contribution in [0, 0.1) is 0 Å². The highest BCUT2D eigenvalue weighted by molar-refractivity contribution is 6.18. The molecule has 0 spiro atoms. The van der Waals surface area contributed by atoms with Gasteiger partial charge in [0.1, 0.15) is 0 Å². The number of benzene rings is 2. The minimum Gasteiger partial charge on any atom is -0.333 e. The predicted octanol–water partition coefficient (Wildman–Crippen LogP) is 3.27. The number of carbonyl (C=O) groups is 1. The third-order valence-electron chi connectivity index (χ3n) is 3.84. The second-order valence-corrected chi connectivity index (χ2v) is 5.42. The Morgan fingerprint density at radius 2 is 1.83 bits per heavy atom. The first-order valence-corrected chi connectivity index (χ1v) is 7.42. The summed E-state index contributed by atoms with van der Waals surface area (Å²) < 4.78 is 1.94. The SMILES string of the molecule is C=C(C(=O)NO)c1cccc(-c2c(-c3ccccc3)ncn2C)c1. The fourth-order valence-corrected chi connectivity index (χ4v) is 2.63. The number of nitrogens with zero attached hydrogens (tertiary/aromatic N) is 2. The Bertz CT molecular complexity index is 898. The summed E-state index contributed by atoms with van der Waals surface area (Å²) in [5, 5.41) is 8.78. The zero-order chi connectivity index (χ0) is 17.1. The van der Waals surface area contributed by atoms with Crippen molar-refractivity contribution in [3.05, 3.63) is 73.1 Å². The van der Waals surface area contributed by atoms with Crippen LogP contribution in [-0.4, -0.2) is 20.7 Å². The molecule has 2 aromatic carbocycles. The van der Waals surface area contributed by atoms with Crippen LogP contribution < -0.4 is 5.48 Å². The molecule has 3 aromatic rings. The molecule has 0 saturated heterocycles. The van der Waals surface area contributed by atoms with Crippen molar-refractivity contribution in [1.29, 1.82) is 0 Å². The molecule has 0 saturated carbocycles. The maximum absolute atomic E-state index is 11.6. The number of hydrogen-bond donors (Lipinski definition) is 2. The van der Waals surface area contributed by atoms with E-state index in [0.29, 0.717) is 5.56 Å². The summed E-state index contributed by atoms with van der Waals surface area (Å²) in [6, 6.07) is 17.4. The van der Waals surface area contributed by atoms with Crippen LogP contribution in [0.4, 0.5) is 0 Å². The number of aromatic nitrogens is 2. The van der Waals surface area contributed by atoms with Crippen LogP contribution in [0.3, 0.4) is 0 Å². The predicted molar refractivity (Wildman–Crippen MR) is 93.0 cm³/mol. The average molecular weight is 319 g/mol. The van der Waals surface area contributed by atoms with Crippen molar-refractivity contribution in [2.24, 2.45) is 7.05 Å². The summed E-state index contributed by atoms with van der Waals surface area (Å²) in [7, 11) is 1.93. The second-order valence-electron chi connectivity index (χ2n) is 5.42. The van der Waals surface area contributed by atoms with Gasteiger partial charge in [0.15, 0.2) is 0 Å². The van der Waals surface area contributed by atoms with E-state index in [1.54, 1.807) is 17.9 Å². The summed E-state index contributed by atoms with van der Waals surface area (Å²) in [5.41, 5.74) is 6.19. The number of amides is 1. The van der Waals surface area contributed by atoms with Crippen LogP contribution in [0.15, 0.2) is 67.5 Å². The van der Waals surface area contributed by atoms with Gasteiger partial charge in [0, 0.05) is 23.7 Å². The minimum absolute atomic E-state index is 0.197. The number of nitrogens with one attached hydrogen (secondary N) is 1. The molecule has 0 atom stereocenters. The standard InChI is InChI=1S/C19H17N3O2/c1-13(19(23)21-24)15-9-6-10-16(11-15)18-17(20-12-22(18)2)14-7-4-3-5-8-14/h3-12,24H,1H2,2H3,(H,21,23). The minimum atomic E-state index is -0.625. The van der Waals surface area contributed by atoms with Gasteiger partial charge >= 0.3 is 0 Å². The molecule has 0 fully saturated rings. The van der Waals surface area contributed by atoms with Crippen molar-refractivity contribution in [1.82, 2.24) is 15.0 Å². The number of hydroxylamine groups is 1. The Balaban J connectivity index is 2.09. The van der Waals surface area contributed by atoms with Gasteiger partial charge in [0.25, 0.3) is 5.91 Å². The van der Waals surface area contributed by atoms with Crippen molar-refractivity contribution < 1.29 is 10.0 Å². The molecule has 120 valence electrons. The second kappa shape index (κ2) is 6.52. The molecule has 2 N–H and O–H groups in total. The zero-order valence-corrected chi connectivity index (χ0v) is 13.2. The Morgan fingerprint density at radius 1 is 1.12 bits per heavy atom. The monoisotopic (exact) mass is 319 g/mol. The lowest BCUT2D eigenvalue weighted by molar-refractivity contribution is -0.123. The van der Waals surface area contributed by atoms with Crippen molar-refractivity contribution >= 4 is 11.5 Å². The quantitative estimate of drug-likeness (QED) is 0.440. The lowest BCUT2D eigenvalue weighted by Crippen LogP contribution is -2.19. The van der Waals surface area contributed by atoms with Gasteiger partial charge in [-0.15, -0.1) is 0 Å². The van der Waals surface area contributed by atoms with Gasteiger partial charge in [-0.25, -0.2) is 10.5 Å². The first-order valence-electron chi connectivity index (χ1n) is 7.42. The number of hydrogen-bond acceptors (Lipinski definition) is 3. The molecule has 0 aliphatic carbocycles. The van der Waals surface area contributed by atoms with E-state index in [2.05, 4.69) is 11.6 Å². The summed E-state index contributed by atoms with van der Waals surface area (Å²) in [5.74, 6) is -0.625. The molecule has 5 heteroatoms. The molecule has 1 heterocycles. The van der Waals surface area contributed by atoms with Crippen LogP contribution in [0.1, 0.15) is 5.56 Å². The maximum atomic E-state index is 11.6. The molecule has 3 rings (SSSR count). The maximum Gasteiger partial charge on any atom is 0.274 e. The van der Waals surface area contributed by atoms with E-state index in [-0.39, 0.29) is 5.57 Å². The van der Waals surface area contributed by atoms with E-state index in [4.69, 9.17) is 5.21 Å². The first kappa shape index (κ1) is 15.7. The molecule has 0 radical (unpaired) electrons. The molecule has 0 aliphatic rings. The Morgan fingerprint density at radius 3 is 2.54 bits per heavy atom. The molecule has 1 aromatic heterocycles. The van der Waals surface area contributed by atoms with E-state index >= 15 is 0 Å². The molecule has 0 bridgehead atoms. The highest BCUT2D eigenvalue weighted by Gasteiger charge is 2.15. The van der Waals surface area contributed by atoms with E-state index < -0.39 is 5.91 Å². The third-order valence-corrected chi connectivity index (χ3v) is 3.84. The van der Waals surface area contributed by atoms with Crippen LogP contribution in [0.2, 0.25) is 0 Å². The van der Waals surface area contributed by atoms with Gasteiger partial charge in [-0.2, -0.15) is 0 Å². The molecule has 5 nitrogen and oxygen atoms in total. The van der Waals surface area contributed by atoms with E-state index in [1.807, 2.05) is 60.1 Å². The van der Waals surface area contributed by atoms with Gasteiger partial charge < -0.3 is 4.57 Å². The van der Waals surface area contributed by atoms with E-state index in [1.165, 1.54) is 0 Å². The zero-order valence-electron chi connectivity index (χ0n) is 13.2. The van der Waals surface area contributed by atoms with Gasteiger partial charge in [-0.1, -0.05) is 55.1 Å². The Hall–Kier alpha value is -3.18. The van der Waals surface area contributed by atoms with Crippen LogP contribution in [0.25, 0.3) is 28.1 Å². The Labute approximate surface area is 139 Å². The highest BCUT2D eigenvalue weighted by atomic mass is 16.5. The van der Waals surface area contributed by atoms with Crippen molar-refractivity contribution in [3.8, 4) is 22.5 Å². The van der Waals surface area contributed by atoms with Crippen LogP contribution in [-0.2, 0) is 11.8 Å². The van der Waals surface area contributed by atoms with Crippen LogP contribution in [0.5, 0.6) is 0 Å². The number of rotatable bonds is 4. The van der Waals surface area contributed by atoms with Gasteiger partial charge in [0.05, 0.1) is 17.7 Å². The van der Waals surface area contributed by atoms with Gasteiger partial charge in [0.2, 0.25) is 0 Å².